The quantitative estimate of drug-likeness (QED) is 0.838. The third kappa shape index (κ3) is 3.67. The predicted molar refractivity (Wildman–Crippen MR) is 87.4 cm³/mol. The maximum absolute atomic E-state index is 11.4. The smallest absolute Gasteiger partial charge is 0.304 e. The molecule has 3 heteroatoms. The lowest BCUT2D eigenvalue weighted by Crippen LogP contribution is -2.31. The Hall–Kier alpha value is -2.29. The predicted octanol–water partition coefficient (Wildman–Crippen LogP) is 4.06. The summed E-state index contributed by atoms with van der Waals surface area (Å²) in [7, 11) is 1.63. The summed E-state index contributed by atoms with van der Waals surface area (Å²) in [5.41, 5.74) is 1.79. The second-order valence-electron chi connectivity index (χ2n) is 5.60. The maximum Gasteiger partial charge on any atom is 0.304 e. The fraction of sp³-hybridized carbons (Fsp3) is 0.316. The van der Waals surface area contributed by atoms with Crippen LogP contribution >= 0.6 is 0 Å². The van der Waals surface area contributed by atoms with Crippen molar-refractivity contribution in [1.29, 1.82) is 0 Å². The number of methoxy groups -OCH3 is 1. The van der Waals surface area contributed by atoms with E-state index in [1.165, 1.54) is 0 Å². The van der Waals surface area contributed by atoms with Gasteiger partial charge in [0.25, 0.3) is 0 Å². The zero-order chi connectivity index (χ0) is 16.0. The molecule has 0 radical (unpaired) electrons. The van der Waals surface area contributed by atoms with Crippen molar-refractivity contribution in [3.63, 3.8) is 0 Å². The van der Waals surface area contributed by atoms with Crippen molar-refractivity contribution in [2.75, 3.05) is 7.11 Å². The molecule has 0 saturated carbocycles. The van der Waals surface area contributed by atoms with E-state index in [4.69, 9.17) is 4.74 Å². The van der Waals surface area contributed by atoms with Gasteiger partial charge in [-0.1, -0.05) is 49.4 Å². The van der Waals surface area contributed by atoms with Gasteiger partial charge >= 0.3 is 5.97 Å². The van der Waals surface area contributed by atoms with Crippen LogP contribution in [0.25, 0.3) is 0 Å². The first-order chi connectivity index (χ1) is 10.6. The summed E-state index contributed by atoms with van der Waals surface area (Å²) in [6, 6.07) is 17.8. The maximum atomic E-state index is 11.4. The number of hydrogen-bond donors (Lipinski definition) is 1. The number of benzene rings is 2. The third-order valence-electron chi connectivity index (χ3n) is 4.25. The lowest BCUT2D eigenvalue weighted by Gasteiger charge is -2.32. The van der Waals surface area contributed by atoms with E-state index in [0.717, 1.165) is 23.3 Å². The molecule has 0 bridgehead atoms. The molecule has 2 rings (SSSR count). The van der Waals surface area contributed by atoms with Crippen molar-refractivity contribution in [2.24, 2.45) is 0 Å². The fourth-order valence-electron chi connectivity index (χ4n) is 2.94. The standard InChI is InChI=1S/C19H22O3/c1-3-19(14-18(20)21,13-15-7-5-4-6-8-15)16-9-11-17(22-2)12-10-16/h4-12H,3,13-14H2,1-2H3,(H,20,21). The van der Waals surface area contributed by atoms with E-state index in [1.807, 2.05) is 42.5 Å². The second-order valence-corrected chi connectivity index (χ2v) is 5.60. The average molecular weight is 298 g/mol. The van der Waals surface area contributed by atoms with Gasteiger partial charge in [-0.15, -0.1) is 0 Å². The van der Waals surface area contributed by atoms with Gasteiger partial charge in [0.15, 0.2) is 0 Å². The Bertz CT molecular complexity index is 604. The highest BCUT2D eigenvalue weighted by atomic mass is 16.5. The Morgan fingerprint density at radius 2 is 1.73 bits per heavy atom. The van der Waals surface area contributed by atoms with E-state index in [1.54, 1.807) is 7.11 Å². The molecule has 1 unspecified atom stereocenters. The van der Waals surface area contributed by atoms with Crippen molar-refractivity contribution in [2.45, 2.75) is 31.6 Å². The van der Waals surface area contributed by atoms with E-state index in [-0.39, 0.29) is 6.42 Å². The Morgan fingerprint density at radius 1 is 1.09 bits per heavy atom. The van der Waals surface area contributed by atoms with Crippen LogP contribution in [0.4, 0.5) is 0 Å². The van der Waals surface area contributed by atoms with Gasteiger partial charge in [0.1, 0.15) is 5.75 Å². The number of carboxylic acid groups (broad SMARTS) is 1. The molecular formula is C19H22O3. The molecule has 2 aromatic rings. The molecule has 0 aliphatic carbocycles. The van der Waals surface area contributed by atoms with Gasteiger partial charge in [-0.3, -0.25) is 4.79 Å². The normalized spacial score (nSPS) is 13.4. The molecule has 1 atom stereocenters. The molecule has 1 N–H and O–H groups in total. The average Bonchev–Trinajstić information content (AvgIpc) is 2.55. The van der Waals surface area contributed by atoms with Gasteiger partial charge in [0.05, 0.1) is 13.5 Å². The summed E-state index contributed by atoms with van der Waals surface area (Å²) in [4.78, 5) is 11.4. The number of ether oxygens (including phenoxy) is 1. The highest BCUT2D eigenvalue weighted by Crippen LogP contribution is 2.36. The largest absolute Gasteiger partial charge is 0.497 e. The molecule has 3 nitrogen and oxygen atoms in total. The molecule has 0 aliphatic heterocycles. The molecule has 0 fully saturated rings. The van der Waals surface area contributed by atoms with E-state index in [0.29, 0.717) is 6.42 Å². The molecular weight excluding hydrogens is 276 g/mol. The summed E-state index contributed by atoms with van der Waals surface area (Å²) >= 11 is 0. The van der Waals surface area contributed by atoms with Gasteiger partial charge < -0.3 is 9.84 Å². The third-order valence-corrected chi connectivity index (χ3v) is 4.25. The minimum atomic E-state index is -0.770. The topological polar surface area (TPSA) is 46.5 Å². The highest BCUT2D eigenvalue weighted by Gasteiger charge is 2.33. The number of carbonyl (C=O) groups is 1. The zero-order valence-corrected chi connectivity index (χ0v) is 13.1. The Kier molecular flexibility index (Phi) is 5.21. The summed E-state index contributed by atoms with van der Waals surface area (Å²) in [5.74, 6) is 0.0115. The molecule has 0 aromatic heterocycles. The zero-order valence-electron chi connectivity index (χ0n) is 13.1. The van der Waals surface area contributed by atoms with Crippen molar-refractivity contribution in [3.8, 4) is 5.75 Å². The van der Waals surface area contributed by atoms with Gasteiger partial charge in [-0.2, -0.15) is 0 Å². The van der Waals surface area contributed by atoms with Gasteiger partial charge in [-0.05, 0) is 36.1 Å². The molecule has 116 valence electrons. The van der Waals surface area contributed by atoms with Crippen LogP contribution in [0.3, 0.4) is 0 Å². The van der Waals surface area contributed by atoms with Gasteiger partial charge in [-0.25, -0.2) is 0 Å². The van der Waals surface area contributed by atoms with Crippen molar-refractivity contribution in [1.82, 2.24) is 0 Å². The summed E-state index contributed by atoms with van der Waals surface area (Å²) in [6.07, 6.45) is 1.59. The summed E-state index contributed by atoms with van der Waals surface area (Å²) < 4.78 is 5.20. The van der Waals surface area contributed by atoms with E-state index in [2.05, 4.69) is 19.1 Å². The lowest BCUT2D eigenvalue weighted by molar-refractivity contribution is -0.138. The first-order valence-corrected chi connectivity index (χ1v) is 7.50. The number of carboxylic acids is 1. The molecule has 2 aromatic carbocycles. The monoisotopic (exact) mass is 298 g/mol. The molecule has 0 aliphatic rings. The highest BCUT2D eigenvalue weighted by molar-refractivity contribution is 5.69. The molecule has 0 amide bonds. The van der Waals surface area contributed by atoms with Crippen molar-refractivity contribution < 1.29 is 14.6 Å². The minimum absolute atomic E-state index is 0.116. The van der Waals surface area contributed by atoms with E-state index >= 15 is 0 Å². The molecule has 0 heterocycles. The number of hydrogen-bond acceptors (Lipinski definition) is 2. The van der Waals surface area contributed by atoms with Crippen LogP contribution in [-0.4, -0.2) is 18.2 Å². The number of rotatable bonds is 7. The summed E-state index contributed by atoms with van der Waals surface area (Å²) in [6.45, 7) is 2.05. The van der Waals surface area contributed by atoms with Crippen LogP contribution in [-0.2, 0) is 16.6 Å². The minimum Gasteiger partial charge on any atom is -0.497 e. The first kappa shape index (κ1) is 16.1. The van der Waals surface area contributed by atoms with Crippen LogP contribution in [0.5, 0.6) is 5.75 Å². The van der Waals surface area contributed by atoms with Crippen molar-refractivity contribution in [3.05, 3.63) is 65.7 Å². The van der Waals surface area contributed by atoms with Crippen LogP contribution in [0, 0.1) is 0 Å². The van der Waals surface area contributed by atoms with E-state index in [9.17, 15) is 9.90 Å². The second kappa shape index (κ2) is 7.12. The van der Waals surface area contributed by atoms with Gasteiger partial charge in [0.2, 0.25) is 0 Å². The van der Waals surface area contributed by atoms with E-state index < -0.39 is 11.4 Å². The summed E-state index contributed by atoms with van der Waals surface area (Å²) in [5, 5.41) is 9.40. The van der Waals surface area contributed by atoms with Crippen LogP contribution in [0.15, 0.2) is 54.6 Å². The van der Waals surface area contributed by atoms with Crippen LogP contribution in [0.2, 0.25) is 0 Å². The Balaban J connectivity index is 2.40. The van der Waals surface area contributed by atoms with Crippen LogP contribution < -0.4 is 4.74 Å². The van der Waals surface area contributed by atoms with Crippen molar-refractivity contribution >= 4 is 5.97 Å². The first-order valence-electron chi connectivity index (χ1n) is 7.50. The Morgan fingerprint density at radius 3 is 2.23 bits per heavy atom. The number of aliphatic carboxylic acids is 1. The lowest BCUT2D eigenvalue weighted by atomic mass is 9.71. The molecule has 22 heavy (non-hydrogen) atoms. The fourth-order valence-corrected chi connectivity index (χ4v) is 2.94. The Labute approximate surface area is 131 Å². The van der Waals surface area contributed by atoms with Gasteiger partial charge in [0, 0.05) is 5.41 Å². The molecule has 0 saturated heterocycles. The SMILES string of the molecule is CCC(CC(=O)O)(Cc1ccccc1)c1ccc(OC)cc1. The van der Waals surface area contributed by atoms with Crippen LogP contribution in [0.1, 0.15) is 30.9 Å². The molecule has 0 spiro atoms.